The smallest absolute Gasteiger partial charge is 0.354 e. The molecule has 6 heteroatoms. The predicted molar refractivity (Wildman–Crippen MR) is 74.5 cm³/mol. The largest absolute Gasteiger partial charge is 0.481 e. The molecule has 1 aromatic rings. The van der Waals surface area contributed by atoms with Gasteiger partial charge in [0.1, 0.15) is 5.69 Å². The highest BCUT2D eigenvalue weighted by Crippen LogP contribution is 2.25. The van der Waals surface area contributed by atoms with Crippen LogP contribution in [0.2, 0.25) is 0 Å². The number of rotatable bonds is 8. The van der Waals surface area contributed by atoms with Gasteiger partial charge in [-0.1, -0.05) is 13.8 Å². The van der Waals surface area contributed by atoms with Crippen LogP contribution >= 0.6 is 0 Å². The number of carbonyl (C=O) groups excluding carboxylic acids is 1. The molecule has 1 rings (SSSR count). The number of carbonyl (C=O) groups is 2. The maximum atomic E-state index is 11.4. The molecule has 0 saturated heterocycles. The van der Waals surface area contributed by atoms with Crippen molar-refractivity contribution in [3.05, 3.63) is 23.5 Å². The normalized spacial score (nSPS) is 11.3. The summed E-state index contributed by atoms with van der Waals surface area (Å²) >= 11 is 0. The number of carboxylic acids is 1. The number of aromatic amines is 1. The third-order valence-corrected chi connectivity index (χ3v) is 3.75. The number of hydrogen-bond acceptors (Lipinski definition) is 4. The van der Waals surface area contributed by atoms with E-state index in [0.29, 0.717) is 31.6 Å². The van der Waals surface area contributed by atoms with Crippen molar-refractivity contribution in [2.45, 2.75) is 33.2 Å². The molecule has 3 N–H and O–H groups in total. The highest BCUT2D eigenvalue weighted by Gasteiger charge is 2.34. The van der Waals surface area contributed by atoms with Gasteiger partial charge in [0.15, 0.2) is 0 Å². The third-order valence-electron chi connectivity index (χ3n) is 3.75. The zero-order chi connectivity index (χ0) is 15.2. The van der Waals surface area contributed by atoms with Gasteiger partial charge in [-0.05, 0) is 24.5 Å². The molecule has 0 unspecified atom stereocenters. The Bertz CT molecular complexity index is 463. The average molecular weight is 282 g/mol. The average Bonchev–Trinajstić information content (AvgIpc) is 2.91. The molecule has 1 heterocycles. The molecule has 0 amide bonds. The van der Waals surface area contributed by atoms with E-state index in [1.54, 1.807) is 12.3 Å². The van der Waals surface area contributed by atoms with E-state index in [0.717, 1.165) is 5.56 Å². The first-order chi connectivity index (χ1) is 9.49. The number of hydrogen-bond donors (Lipinski definition) is 3. The maximum Gasteiger partial charge on any atom is 0.354 e. The van der Waals surface area contributed by atoms with Gasteiger partial charge in [-0.2, -0.15) is 0 Å². The topological polar surface area (TPSA) is 91.4 Å². The van der Waals surface area contributed by atoms with E-state index in [4.69, 9.17) is 0 Å². The van der Waals surface area contributed by atoms with Gasteiger partial charge >= 0.3 is 11.9 Å². The lowest BCUT2D eigenvalue weighted by Crippen LogP contribution is -2.39. The Morgan fingerprint density at radius 1 is 1.40 bits per heavy atom. The Hall–Kier alpha value is -1.82. The lowest BCUT2D eigenvalue weighted by atomic mass is 9.82. The molecule has 0 fully saturated rings. The summed E-state index contributed by atoms with van der Waals surface area (Å²) in [5, 5.41) is 12.5. The van der Waals surface area contributed by atoms with Gasteiger partial charge in [-0.15, -0.1) is 0 Å². The van der Waals surface area contributed by atoms with Crippen LogP contribution in [0.15, 0.2) is 12.3 Å². The number of carboxylic acid groups (broad SMARTS) is 1. The van der Waals surface area contributed by atoms with Gasteiger partial charge in [-0.3, -0.25) is 4.79 Å². The quantitative estimate of drug-likeness (QED) is 0.632. The van der Waals surface area contributed by atoms with Crippen LogP contribution in [0.3, 0.4) is 0 Å². The number of aliphatic carboxylic acids is 1. The second-order valence-electron chi connectivity index (χ2n) is 4.81. The molecular formula is C14H22N2O4. The van der Waals surface area contributed by atoms with Crippen molar-refractivity contribution in [3.8, 4) is 0 Å². The number of esters is 1. The first kappa shape index (κ1) is 16.2. The van der Waals surface area contributed by atoms with Crippen LogP contribution in [-0.2, 0) is 16.1 Å². The van der Waals surface area contributed by atoms with Gasteiger partial charge < -0.3 is 20.1 Å². The highest BCUT2D eigenvalue weighted by molar-refractivity contribution is 5.87. The first-order valence-electron chi connectivity index (χ1n) is 6.68. The van der Waals surface area contributed by atoms with E-state index < -0.39 is 17.4 Å². The zero-order valence-corrected chi connectivity index (χ0v) is 12.2. The number of aromatic nitrogens is 1. The van der Waals surface area contributed by atoms with Crippen molar-refractivity contribution in [1.29, 1.82) is 0 Å². The lowest BCUT2D eigenvalue weighted by Gasteiger charge is -2.26. The van der Waals surface area contributed by atoms with E-state index in [1.165, 1.54) is 7.11 Å². The summed E-state index contributed by atoms with van der Waals surface area (Å²) in [6, 6.07) is 1.69. The fourth-order valence-electron chi connectivity index (χ4n) is 2.09. The Morgan fingerprint density at radius 3 is 2.55 bits per heavy atom. The maximum absolute atomic E-state index is 11.4. The summed E-state index contributed by atoms with van der Waals surface area (Å²) < 4.78 is 4.61. The molecule has 0 aliphatic rings. The summed E-state index contributed by atoms with van der Waals surface area (Å²) in [4.78, 5) is 25.5. The second kappa shape index (κ2) is 7.09. The van der Waals surface area contributed by atoms with Crippen LogP contribution in [0.4, 0.5) is 0 Å². The molecule has 0 aliphatic heterocycles. The number of methoxy groups -OCH3 is 1. The number of nitrogens with one attached hydrogen (secondary N) is 2. The molecule has 0 bridgehead atoms. The van der Waals surface area contributed by atoms with Crippen molar-refractivity contribution in [3.63, 3.8) is 0 Å². The summed E-state index contributed by atoms with van der Waals surface area (Å²) in [6.45, 7) is 4.66. The van der Waals surface area contributed by atoms with E-state index in [1.807, 2.05) is 13.8 Å². The molecule has 0 radical (unpaired) electrons. The fourth-order valence-corrected chi connectivity index (χ4v) is 2.09. The van der Waals surface area contributed by atoms with Gasteiger partial charge in [0.2, 0.25) is 0 Å². The van der Waals surface area contributed by atoms with Crippen molar-refractivity contribution in [2.75, 3.05) is 13.7 Å². The van der Waals surface area contributed by atoms with Crippen molar-refractivity contribution >= 4 is 11.9 Å². The van der Waals surface area contributed by atoms with Crippen LogP contribution in [-0.4, -0.2) is 35.7 Å². The standard InChI is InChI=1S/C14H22N2O4/c1-4-14(5-2,13(18)19)9-15-7-10-6-11(16-8-10)12(17)20-3/h6,8,15-16H,4-5,7,9H2,1-3H3,(H,18,19). The van der Waals surface area contributed by atoms with Crippen molar-refractivity contribution in [1.82, 2.24) is 10.3 Å². The van der Waals surface area contributed by atoms with Gasteiger partial charge in [-0.25, -0.2) is 4.79 Å². The molecule has 0 saturated carbocycles. The second-order valence-corrected chi connectivity index (χ2v) is 4.81. The lowest BCUT2D eigenvalue weighted by molar-refractivity contribution is -0.149. The van der Waals surface area contributed by atoms with Crippen LogP contribution in [0.25, 0.3) is 0 Å². The van der Waals surface area contributed by atoms with Gasteiger partial charge in [0.25, 0.3) is 0 Å². The molecule has 6 nitrogen and oxygen atoms in total. The zero-order valence-electron chi connectivity index (χ0n) is 12.2. The van der Waals surface area contributed by atoms with E-state index in [-0.39, 0.29) is 0 Å². The minimum atomic E-state index is -0.778. The van der Waals surface area contributed by atoms with Crippen molar-refractivity contribution in [2.24, 2.45) is 5.41 Å². The number of H-pyrrole nitrogens is 1. The van der Waals surface area contributed by atoms with Crippen LogP contribution in [0.1, 0.15) is 42.7 Å². The molecule has 112 valence electrons. The van der Waals surface area contributed by atoms with Crippen LogP contribution in [0, 0.1) is 5.41 Å². The molecule has 0 spiro atoms. The summed E-state index contributed by atoms with van der Waals surface area (Å²) in [6.07, 6.45) is 2.86. The number of ether oxygens (including phenoxy) is 1. The summed E-state index contributed by atoms with van der Waals surface area (Å²) in [7, 11) is 1.32. The Kier molecular flexibility index (Phi) is 5.76. The minimum absolute atomic E-state index is 0.389. The molecular weight excluding hydrogens is 260 g/mol. The molecule has 20 heavy (non-hydrogen) atoms. The Labute approximate surface area is 118 Å². The van der Waals surface area contributed by atoms with Gasteiger partial charge in [0.05, 0.1) is 12.5 Å². The summed E-state index contributed by atoms with van der Waals surface area (Å²) in [5.74, 6) is -1.20. The van der Waals surface area contributed by atoms with Crippen molar-refractivity contribution < 1.29 is 19.4 Å². The van der Waals surface area contributed by atoms with E-state index in [2.05, 4.69) is 15.0 Å². The SMILES string of the molecule is CCC(CC)(CNCc1c[nH]c(C(=O)OC)c1)C(=O)O. The fraction of sp³-hybridized carbons (Fsp3) is 0.571. The van der Waals surface area contributed by atoms with E-state index >= 15 is 0 Å². The van der Waals surface area contributed by atoms with Gasteiger partial charge in [0, 0.05) is 19.3 Å². The van der Waals surface area contributed by atoms with E-state index in [9.17, 15) is 14.7 Å². The monoisotopic (exact) mass is 282 g/mol. The first-order valence-corrected chi connectivity index (χ1v) is 6.68. The predicted octanol–water partition coefficient (Wildman–Crippen LogP) is 1.78. The van der Waals surface area contributed by atoms with Crippen LogP contribution in [0.5, 0.6) is 0 Å². The molecule has 0 atom stereocenters. The molecule has 1 aromatic heterocycles. The summed E-state index contributed by atoms with van der Waals surface area (Å²) in [5.41, 5.74) is 0.540. The Morgan fingerprint density at radius 2 is 2.05 bits per heavy atom. The minimum Gasteiger partial charge on any atom is -0.481 e. The molecule has 0 aliphatic carbocycles. The van der Waals surface area contributed by atoms with Crippen LogP contribution < -0.4 is 5.32 Å². The Balaban J connectivity index is 2.57. The third kappa shape index (κ3) is 3.60. The molecule has 0 aromatic carbocycles. The highest BCUT2D eigenvalue weighted by atomic mass is 16.5.